The minimum absolute atomic E-state index is 0.370. The molecule has 2 N–H and O–H groups in total. The van der Waals surface area contributed by atoms with Gasteiger partial charge >= 0.3 is 0 Å². The standard InChI is InChI=1S/C8H13N3O2/c1-12-2-3-13-8-6-10-5-7(4-9)11-8/h5-6H,2-4,9H2,1H3. The lowest BCUT2D eigenvalue weighted by atomic mass is 10.4. The molecule has 1 aromatic heterocycles. The molecular formula is C8H13N3O2. The highest BCUT2D eigenvalue weighted by atomic mass is 16.5. The number of ether oxygens (including phenoxy) is 2. The lowest BCUT2D eigenvalue weighted by Crippen LogP contribution is -2.07. The number of hydrogen-bond acceptors (Lipinski definition) is 5. The lowest BCUT2D eigenvalue weighted by molar-refractivity contribution is 0.143. The predicted molar refractivity (Wildman–Crippen MR) is 47.3 cm³/mol. The first kappa shape index (κ1) is 9.88. The van der Waals surface area contributed by atoms with Crippen molar-refractivity contribution in [2.45, 2.75) is 6.54 Å². The van der Waals surface area contributed by atoms with E-state index < -0.39 is 0 Å². The van der Waals surface area contributed by atoms with Gasteiger partial charge in [0.05, 0.1) is 18.5 Å². The Kier molecular flexibility index (Phi) is 4.14. The molecule has 0 aromatic carbocycles. The first-order valence-electron chi connectivity index (χ1n) is 3.99. The van der Waals surface area contributed by atoms with Gasteiger partial charge in [0.1, 0.15) is 6.61 Å². The number of nitrogens with two attached hydrogens (primary N) is 1. The van der Waals surface area contributed by atoms with Crippen molar-refractivity contribution >= 4 is 0 Å². The molecule has 1 rings (SSSR count). The number of rotatable bonds is 5. The molecule has 0 aliphatic heterocycles. The summed E-state index contributed by atoms with van der Waals surface area (Å²) in [4.78, 5) is 8.02. The van der Waals surface area contributed by atoms with Gasteiger partial charge in [0.15, 0.2) is 0 Å². The Morgan fingerprint density at radius 2 is 2.23 bits per heavy atom. The van der Waals surface area contributed by atoms with Gasteiger partial charge in [-0.2, -0.15) is 0 Å². The summed E-state index contributed by atoms with van der Waals surface area (Å²) in [6.45, 7) is 1.38. The maximum Gasteiger partial charge on any atom is 0.232 e. The van der Waals surface area contributed by atoms with Crippen LogP contribution >= 0.6 is 0 Å². The van der Waals surface area contributed by atoms with Crippen LogP contribution in [0.1, 0.15) is 5.69 Å². The van der Waals surface area contributed by atoms with Crippen molar-refractivity contribution in [1.82, 2.24) is 9.97 Å². The summed E-state index contributed by atoms with van der Waals surface area (Å²) < 4.78 is 10.1. The zero-order valence-electron chi connectivity index (χ0n) is 7.56. The number of aromatic nitrogens is 2. The predicted octanol–water partition coefficient (Wildman–Crippen LogP) is -0.0395. The van der Waals surface area contributed by atoms with Crippen molar-refractivity contribution in [3.63, 3.8) is 0 Å². The van der Waals surface area contributed by atoms with Crippen molar-refractivity contribution in [3.8, 4) is 5.88 Å². The zero-order valence-corrected chi connectivity index (χ0v) is 7.56. The fourth-order valence-electron chi connectivity index (χ4n) is 0.784. The van der Waals surface area contributed by atoms with E-state index in [1.54, 1.807) is 19.5 Å². The molecule has 0 unspecified atom stereocenters. The third-order valence-electron chi connectivity index (χ3n) is 1.41. The summed E-state index contributed by atoms with van der Waals surface area (Å²) >= 11 is 0. The van der Waals surface area contributed by atoms with Crippen molar-refractivity contribution in [1.29, 1.82) is 0 Å². The van der Waals surface area contributed by atoms with E-state index in [-0.39, 0.29) is 0 Å². The van der Waals surface area contributed by atoms with Crippen LogP contribution in [0.3, 0.4) is 0 Å². The molecule has 0 bridgehead atoms. The van der Waals surface area contributed by atoms with Crippen LogP contribution < -0.4 is 10.5 Å². The van der Waals surface area contributed by atoms with E-state index in [1.807, 2.05) is 0 Å². The molecule has 5 nitrogen and oxygen atoms in total. The van der Waals surface area contributed by atoms with Crippen LogP contribution in [0.5, 0.6) is 5.88 Å². The van der Waals surface area contributed by atoms with E-state index in [0.29, 0.717) is 25.6 Å². The Hall–Kier alpha value is -1.20. The van der Waals surface area contributed by atoms with Crippen LogP contribution in [-0.4, -0.2) is 30.3 Å². The van der Waals surface area contributed by atoms with Crippen molar-refractivity contribution in [2.24, 2.45) is 5.73 Å². The fourth-order valence-corrected chi connectivity index (χ4v) is 0.784. The second kappa shape index (κ2) is 5.45. The Labute approximate surface area is 76.9 Å². The van der Waals surface area contributed by atoms with Gasteiger partial charge in [-0.15, -0.1) is 0 Å². The van der Waals surface area contributed by atoms with Crippen molar-refractivity contribution in [3.05, 3.63) is 18.1 Å². The van der Waals surface area contributed by atoms with Gasteiger partial charge in [0.25, 0.3) is 0 Å². The maximum absolute atomic E-state index is 5.39. The molecule has 1 aromatic rings. The highest BCUT2D eigenvalue weighted by Crippen LogP contribution is 2.03. The van der Waals surface area contributed by atoms with Gasteiger partial charge < -0.3 is 15.2 Å². The highest BCUT2D eigenvalue weighted by Gasteiger charge is 1.97. The second-order valence-corrected chi connectivity index (χ2v) is 2.39. The fraction of sp³-hybridized carbons (Fsp3) is 0.500. The second-order valence-electron chi connectivity index (χ2n) is 2.39. The summed E-state index contributed by atoms with van der Waals surface area (Å²) in [5, 5.41) is 0. The number of methoxy groups -OCH3 is 1. The lowest BCUT2D eigenvalue weighted by Gasteiger charge is -2.04. The Morgan fingerprint density at radius 1 is 1.38 bits per heavy atom. The van der Waals surface area contributed by atoms with E-state index in [0.717, 1.165) is 5.69 Å². The van der Waals surface area contributed by atoms with E-state index in [9.17, 15) is 0 Å². The van der Waals surface area contributed by atoms with Crippen LogP contribution in [0.25, 0.3) is 0 Å². The molecule has 0 saturated carbocycles. The summed E-state index contributed by atoms with van der Waals surface area (Å²) in [6, 6.07) is 0. The van der Waals surface area contributed by atoms with E-state index >= 15 is 0 Å². The molecule has 13 heavy (non-hydrogen) atoms. The average Bonchev–Trinajstić information content (AvgIpc) is 2.19. The largest absolute Gasteiger partial charge is 0.474 e. The molecule has 5 heteroatoms. The van der Waals surface area contributed by atoms with Crippen molar-refractivity contribution < 1.29 is 9.47 Å². The van der Waals surface area contributed by atoms with Gasteiger partial charge in [-0.1, -0.05) is 0 Å². The third kappa shape index (κ3) is 3.35. The zero-order chi connectivity index (χ0) is 9.52. The van der Waals surface area contributed by atoms with E-state index in [4.69, 9.17) is 15.2 Å². The van der Waals surface area contributed by atoms with Crippen LogP contribution in [0.2, 0.25) is 0 Å². The smallest absolute Gasteiger partial charge is 0.232 e. The number of hydrogen-bond donors (Lipinski definition) is 1. The third-order valence-corrected chi connectivity index (χ3v) is 1.41. The highest BCUT2D eigenvalue weighted by molar-refractivity contribution is 5.07. The first-order valence-corrected chi connectivity index (χ1v) is 3.99. The molecular weight excluding hydrogens is 170 g/mol. The van der Waals surface area contributed by atoms with Crippen LogP contribution in [0.15, 0.2) is 12.4 Å². The van der Waals surface area contributed by atoms with Crippen LogP contribution in [0.4, 0.5) is 0 Å². The molecule has 0 aliphatic rings. The molecule has 1 heterocycles. The normalized spacial score (nSPS) is 10.0. The van der Waals surface area contributed by atoms with E-state index in [2.05, 4.69) is 9.97 Å². The summed E-state index contributed by atoms with van der Waals surface area (Å²) in [7, 11) is 1.62. The van der Waals surface area contributed by atoms with E-state index in [1.165, 1.54) is 0 Å². The molecule has 72 valence electrons. The summed E-state index contributed by atoms with van der Waals surface area (Å²) in [6.07, 6.45) is 3.16. The molecule has 0 aliphatic carbocycles. The van der Waals surface area contributed by atoms with Gasteiger partial charge in [-0.25, -0.2) is 4.98 Å². The van der Waals surface area contributed by atoms with Crippen LogP contribution in [0, 0.1) is 0 Å². The molecule has 0 radical (unpaired) electrons. The minimum Gasteiger partial charge on any atom is -0.474 e. The maximum atomic E-state index is 5.39. The Balaban J connectivity index is 2.46. The number of nitrogens with zero attached hydrogens (tertiary/aromatic N) is 2. The van der Waals surface area contributed by atoms with Gasteiger partial charge in [0.2, 0.25) is 5.88 Å². The molecule has 0 spiro atoms. The topological polar surface area (TPSA) is 70.3 Å². The summed E-state index contributed by atoms with van der Waals surface area (Å²) in [5.74, 6) is 0.486. The molecule has 0 fully saturated rings. The SMILES string of the molecule is COCCOc1cncc(CN)n1. The van der Waals surface area contributed by atoms with Gasteiger partial charge in [0, 0.05) is 19.9 Å². The monoisotopic (exact) mass is 183 g/mol. The molecule has 0 saturated heterocycles. The summed E-state index contributed by atoms with van der Waals surface area (Å²) in [5.41, 5.74) is 6.11. The van der Waals surface area contributed by atoms with Crippen LogP contribution in [-0.2, 0) is 11.3 Å². The van der Waals surface area contributed by atoms with Crippen molar-refractivity contribution in [2.75, 3.05) is 20.3 Å². The average molecular weight is 183 g/mol. The Bertz CT molecular complexity index is 255. The minimum atomic E-state index is 0.370. The Morgan fingerprint density at radius 3 is 2.92 bits per heavy atom. The molecule has 0 atom stereocenters. The first-order chi connectivity index (χ1) is 6.36. The van der Waals surface area contributed by atoms with Gasteiger partial charge in [-0.05, 0) is 0 Å². The quantitative estimate of drug-likeness (QED) is 0.648. The molecule has 0 amide bonds. The van der Waals surface area contributed by atoms with Gasteiger partial charge in [-0.3, -0.25) is 4.98 Å².